The topological polar surface area (TPSA) is 81.7 Å². The molecule has 0 heterocycles. The van der Waals surface area contributed by atoms with Crippen LogP contribution in [0.15, 0.2) is 42.5 Å². The number of carbonyl (C=O) groups is 3. The molecule has 0 bridgehead atoms. The number of hydrogen-bond acceptors (Lipinski definition) is 5. The van der Waals surface area contributed by atoms with Crippen molar-refractivity contribution in [2.45, 2.75) is 20.3 Å². The summed E-state index contributed by atoms with van der Waals surface area (Å²) in [6.45, 7) is 3.58. The Morgan fingerprint density at radius 1 is 1.00 bits per heavy atom. The molecule has 1 amide bonds. The van der Waals surface area contributed by atoms with Crippen molar-refractivity contribution in [2.75, 3.05) is 20.3 Å². The van der Waals surface area contributed by atoms with Gasteiger partial charge in [-0.1, -0.05) is 35.9 Å². The molecule has 0 unspecified atom stereocenters. The van der Waals surface area contributed by atoms with Crippen LogP contribution in [0.5, 0.6) is 5.75 Å². The third kappa shape index (κ3) is 5.67. The largest absolute Gasteiger partial charge is 0.496 e. The van der Waals surface area contributed by atoms with Crippen LogP contribution < -0.4 is 10.1 Å². The van der Waals surface area contributed by atoms with Crippen LogP contribution in [0, 0.1) is 13.8 Å². The van der Waals surface area contributed by atoms with E-state index in [0.717, 1.165) is 11.1 Å². The Kier molecular flexibility index (Phi) is 7.11. The summed E-state index contributed by atoms with van der Waals surface area (Å²) in [7, 11) is 1.48. The first-order valence-corrected chi connectivity index (χ1v) is 8.59. The van der Waals surface area contributed by atoms with Crippen molar-refractivity contribution in [1.82, 2.24) is 5.32 Å². The van der Waals surface area contributed by atoms with Crippen molar-refractivity contribution in [2.24, 2.45) is 0 Å². The molecule has 0 aliphatic heterocycles. The predicted molar refractivity (Wildman–Crippen MR) is 101 cm³/mol. The standard InChI is InChI=1S/C21H23NO5/c1-14-8-9-16(15(2)12-14)18(23)13-27-20(24)10-11-22-21(25)17-6-4-5-7-19(17)26-3/h4-9,12H,10-11,13H2,1-3H3,(H,22,25). The molecular weight excluding hydrogens is 346 g/mol. The van der Waals surface area contributed by atoms with E-state index in [0.29, 0.717) is 16.9 Å². The highest BCUT2D eigenvalue weighted by atomic mass is 16.5. The summed E-state index contributed by atoms with van der Waals surface area (Å²) in [4.78, 5) is 36.1. The maximum absolute atomic E-state index is 12.2. The molecule has 0 aliphatic carbocycles. The summed E-state index contributed by atoms with van der Waals surface area (Å²) in [5.41, 5.74) is 2.84. The average Bonchev–Trinajstić information content (AvgIpc) is 2.66. The zero-order chi connectivity index (χ0) is 19.8. The summed E-state index contributed by atoms with van der Waals surface area (Å²) < 4.78 is 10.1. The van der Waals surface area contributed by atoms with Gasteiger partial charge < -0.3 is 14.8 Å². The van der Waals surface area contributed by atoms with Crippen LogP contribution in [-0.2, 0) is 9.53 Å². The molecule has 2 rings (SSSR count). The third-order valence-electron chi connectivity index (χ3n) is 4.01. The van der Waals surface area contributed by atoms with Gasteiger partial charge in [-0.05, 0) is 31.5 Å². The smallest absolute Gasteiger partial charge is 0.308 e. The molecule has 6 heteroatoms. The van der Waals surface area contributed by atoms with E-state index in [-0.39, 0.29) is 31.3 Å². The zero-order valence-corrected chi connectivity index (χ0v) is 15.7. The number of Topliss-reactive ketones (excluding diaryl/α,β-unsaturated/α-hetero) is 1. The molecule has 2 aromatic rings. The average molecular weight is 369 g/mol. The van der Waals surface area contributed by atoms with Crippen LogP contribution in [0.2, 0.25) is 0 Å². The lowest BCUT2D eigenvalue weighted by molar-refractivity contribution is -0.142. The highest BCUT2D eigenvalue weighted by Crippen LogP contribution is 2.16. The van der Waals surface area contributed by atoms with E-state index in [1.165, 1.54) is 7.11 Å². The number of ether oxygens (including phenoxy) is 2. The highest BCUT2D eigenvalue weighted by Gasteiger charge is 2.14. The summed E-state index contributed by atoms with van der Waals surface area (Å²) in [6.07, 6.45) is -0.0267. The number of rotatable bonds is 8. The first kappa shape index (κ1) is 20.2. The fraction of sp³-hybridized carbons (Fsp3) is 0.286. The molecule has 0 radical (unpaired) electrons. The Labute approximate surface area is 158 Å². The molecule has 0 saturated heterocycles. The summed E-state index contributed by atoms with van der Waals surface area (Å²) >= 11 is 0. The lowest BCUT2D eigenvalue weighted by Gasteiger charge is -2.09. The second-order valence-electron chi connectivity index (χ2n) is 6.11. The number of para-hydroxylation sites is 1. The maximum atomic E-state index is 12.2. The van der Waals surface area contributed by atoms with Crippen molar-refractivity contribution >= 4 is 17.7 Å². The van der Waals surface area contributed by atoms with Crippen molar-refractivity contribution in [3.05, 3.63) is 64.7 Å². The molecular formula is C21H23NO5. The van der Waals surface area contributed by atoms with Gasteiger partial charge in [0.15, 0.2) is 6.61 Å². The second-order valence-corrected chi connectivity index (χ2v) is 6.11. The molecule has 0 atom stereocenters. The highest BCUT2D eigenvalue weighted by molar-refractivity contribution is 5.99. The molecule has 0 aliphatic rings. The summed E-state index contributed by atoms with van der Waals surface area (Å²) in [5, 5.41) is 2.63. The van der Waals surface area contributed by atoms with E-state index in [1.807, 2.05) is 26.0 Å². The van der Waals surface area contributed by atoms with Gasteiger partial charge in [0, 0.05) is 12.1 Å². The molecule has 0 saturated carbocycles. The van der Waals surface area contributed by atoms with E-state index in [9.17, 15) is 14.4 Å². The molecule has 0 aromatic heterocycles. The molecule has 1 N–H and O–H groups in total. The summed E-state index contributed by atoms with van der Waals surface area (Å²) in [5.74, 6) is -0.685. The number of benzene rings is 2. The monoisotopic (exact) mass is 369 g/mol. The van der Waals surface area contributed by atoms with Gasteiger partial charge in [0.1, 0.15) is 5.75 Å². The van der Waals surface area contributed by atoms with Crippen molar-refractivity contribution in [1.29, 1.82) is 0 Å². The van der Waals surface area contributed by atoms with Crippen LogP contribution in [-0.4, -0.2) is 37.9 Å². The quantitative estimate of drug-likeness (QED) is 0.572. The number of aryl methyl sites for hydroxylation is 2. The Hall–Kier alpha value is -3.15. The Morgan fingerprint density at radius 3 is 2.44 bits per heavy atom. The number of esters is 1. The van der Waals surface area contributed by atoms with E-state index >= 15 is 0 Å². The number of methoxy groups -OCH3 is 1. The number of amides is 1. The minimum Gasteiger partial charge on any atom is -0.496 e. The van der Waals surface area contributed by atoms with Gasteiger partial charge in [-0.15, -0.1) is 0 Å². The lowest BCUT2D eigenvalue weighted by atomic mass is 10.0. The van der Waals surface area contributed by atoms with Gasteiger partial charge in [-0.25, -0.2) is 0 Å². The first-order valence-electron chi connectivity index (χ1n) is 8.59. The van der Waals surface area contributed by atoms with Crippen LogP contribution >= 0.6 is 0 Å². The first-order chi connectivity index (χ1) is 12.9. The fourth-order valence-corrected chi connectivity index (χ4v) is 2.63. The molecule has 2 aromatic carbocycles. The fourth-order valence-electron chi connectivity index (χ4n) is 2.63. The zero-order valence-electron chi connectivity index (χ0n) is 15.7. The third-order valence-corrected chi connectivity index (χ3v) is 4.01. The Balaban J connectivity index is 1.78. The maximum Gasteiger partial charge on any atom is 0.308 e. The SMILES string of the molecule is COc1ccccc1C(=O)NCCC(=O)OCC(=O)c1ccc(C)cc1C. The van der Waals surface area contributed by atoms with E-state index in [2.05, 4.69) is 5.32 Å². The van der Waals surface area contributed by atoms with Crippen molar-refractivity contribution in [3.8, 4) is 5.75 Å². The molecule has 142 valence electrons. The van der Waals surface area contributed by atoms with Crippen LogP contribution in [0.25, 0.3) is 0 Å². The summed E-state index contributed by atoms with van der Waals surface area (Å²) in [6, 6.07) is 12.3. The van der Waals surface area contributed by atoms with Crippen LogP contribution in [0.3, 0.4) is 0 Å². The number of nitrogens with one attached hydrogen (secondary N) is 1. The Morgan fingerprint density at radius 2 is 1.74 bits per heavy atom. The molecule has 0 fully saturated rings. The number of ketones is 1. The van der Waals surface area contributed by atoms with E-state index in [1.54, 1.807) is 30.3 Å². The van der Waals surface area contributed by atoms with Gasteiger partial charge >= 0.3 is 5.97 Å². The second kappa shape index (κ2) is 9.52. The van der Waals surface area contributed by atoms with E-state index in [4.69, 9.17) is 9.47 Å². The van der Waals surface area contributed by atoms with Gasteiger partial charge in [0.05, 0.1) is 19.1 Å². The van der Waals surface area contributed by atoms with E-state index < -0.39 is 5.97 Å². The Bertz CT molecular complexity index is 844. The van der Waals surface area contributed by atoms with Crippen LogP contribution in [0.1, 0.15) is 38.3 Å². The lowest BCUT2D eigenvalue weighted by Crippen LogP contribution is -2.27. The molecule has 27 heavy (non-hydrogen) atoms. The van der Waals surface area contributed by atoms with Crippen molar-refractivity contribution < 1.29 is 23.9 Å². The molecule has 6 nitrogen and oxygen atoms in total. The van der Waals surface area contributed by atoms with Gasteiger partial charge in [-0.2, -0.15) is 0 Å². The minimum atomic E-state index is -0.548. The van der Waals surface area contributed by atoms with Crippen LogP contribution in [0.4, 0.5) is 0 Å². The minimum absolute atomic E-state index is 0.0267. The molecule has 0 spiro atoms. The predicted octanol–water partition coefficient (Wildman–Crippen LogP) is 2.86. The van der Waals surface area contributed by atoms with Gasteiger partial charge in [-0.3, -0.25) is 14.4 Å². The number of hydrogen-bond donors (Lipinski definition) is 1. The van der Waals surface area contributed by atoms with Gasteiger partial charge in [0.2, 0.25) is 5.78 Å². The van der Waals surface area contributed by atoms with Gasteiger partial charge in [0.25, 0.3) is 5.91 Å². The normalized spacial score (nSPS) is 10.2. The van der Waals surface area contributed by atoms with Crippen molar-refractivity contribution in [3.63, 3.8) is 0 Å². The number of carbonyl (C=O) groups excluding carboxylic acids is 3.